The molecule has 132 valence electrons. The topological polar surface area (TPSA) is 21.3 Å². The molecule has 24 heavy (non-hydrogen) atoms. The highest BCUT2D eigenvalue weighted by atomic mass is 35.5. The van der Waals surface area contributed by atoms with Gasteiger partial charge in [0.15, 0.2) is 5.75 Å². The van der Waals surface area contributed by atoms with Gasteiger partial charge in [-0.15, -0.1) is 12.4 Å². The van der Waals surface area contributed by atoms with Crippen LogP contribution in [0.4, 0.5) is 0 Å². The first-order chi connectivity index (χ1) is 11.1. The monoisotopic (exact) mass is 387 g/mol. The lowest BCUT2D eigenvalue weighted by Crippen LogP contribution is -2.16. The third-order valence-corrected chi connectivity index (χ3v) is 4.07. The average Bonchev–Trinajstić information content (AvgIpc) is 2.51. The Labute approximate surface area is 160 Å². The second kappa shape index (κ2) is 10.8. The van der Waals surface area contributed by atoms with Gasteiger partial charge in [-0.05, 0) is 42.1 Å². The van der Waals surface area contributed by atoms with Gasteiger partial charge in [0, 0.05) is 6.54 Å². The van der Waals surface area contributed by atoms with Crippen LogP contribution in [0.5, 0.6) is 5.75 Å². The van der Waals surface area contributed by atoms with Crippen molar-refractivity contribution in [3.8, 4) is 5.75 Å². The molecule has 1 N–H and O–H groups in total. The van der Waals surface area contributed by atoms with Gasteiger partial charge < -0.3 is 10.1 Å². The number of nitrogens with one attached hydrogen (secondary N) is 1. The van der Waals surface area contributed by atoms with E-state index in [1.54, 1.807) is 0 Å². The Balaban J connectivity index is 0.00000288. The van der Waals surface area contributed by atoms with Crippen LogP contribution in [-0.2, 0) is 13.2 Å². The van der Waals surface area contributed by atoms with Gasteiger partial charge in [0.2, 0.25) is 0 Å². The molecule has 0 spiro atoms. The normalized spacial score (nSPS) is 10.5. The highest BCUT2D eigenvalue weighted by Crippen LogP contribution is 2.34. The van der Waals surface area contributed by atoms with Crippen molar-refractivity contribution in [1.82, 2.24) is 5.32 Å². The predicted octanol–water partition coefficient (Wildman–Crippen LogP) is 6.13. The van der Waals surface area contributed by atoms with Crippen LogP contribution in [0.25, 0.3) is 0 Å². The van der Waals surface area contributed by atoms with E-state index in [-0.39, 0.29) is 12.4 Å². The van der Waals surface area contributed by atoms with E-state index in [2.05, 4.69) is 19.2 Å². The van der Waals surface area contributed by atoms with Crippen LogP contribution < -0.4 is 10.1 Å². The lowest BCUT2D eigenvalue weighted by atomic mass is 10.1. The second-order valence-corrected chi connectivity index (χ2v) is 6.84. The van der Waals surface area contributed by atoms with Crippen molar-refractivity contribution in [2.45, 2.75) is 33.4 Å². The maximum Gasteiger partial charge on any atom is 0.156 e. The summed E-state index contributed by atoms with van der Waals surface area (Å²) in [5, 5.41) is 4.51. The van der Waals surface area contributed by atoms with Crippen LogP contribution in [0.3, 0.4) is 0 Å². The molecular weight excluding hydrogens is 365 g/mol. The van der Waals surface area contributed by atoms with Crippen LogP contribution in [0, 0.1) is 5.92 Å². The highest BCUT2D eigenvalue weighted by Gasteiger charge is 2.10. The third kappa shape index (κ3) is 6.90. The fourth-order valence-electron chi connectivity index (χ4n) is 2.21. The molecule has 2 aromatic carbocycles. The molecule has 0 saturated heterocycles. The summed E-state index contributed by atoms with van der Waals surface area (Å²) in [6.45, 7) is 6.62. The van der Waals surface area contributed by atoms with Crippen molar-refractivity contribution in [3.05, 3.63) is 63.6 Å². The van der Waals surface area contributed by atoms with E-state index < -0.39 is 0 Å². The zero-order chi connectivity index (χ0) is 16.7. The van der Waals surface area contributed by atoms with Gasteiger partial charge in [0.1, 0.15) is 6.61 Å². The first-order valence-corrected chi connectivity index (χ1v) is 8.67. The van der Waals surface area contributed by atoms with Gasteiger partial charge in [-0.25, -0.2) is 0 Å². The highest BCUT2D eigenvalue weighted by molar-refractivity contribution is 6.37. The first-order valence-electron chi connectivity index (χ1n) is 7.91. The minimum atomic E-state index is 0. The molecule has 0 amide bonds. The molecular formula is C19H24Cl3NO. The molecule has 0 aliphatic heterocycles. The Morgan fingerprint density at radius 2 is 1.62 bits per heavy atom. The zero-order valence-electron chi connectivity index (χ0n) is 14.0. The number of hydrogen-bond donors (Lipinski definition) is 1. The number of halogens is 3. The molecule has 0 radical (unpaired) electrons. The average molecular weight is 389 g/mol. The molecule has 0 saturated carbocycles. The molecule has 0 aliphatic rings. The van der Waals surface area contributed by atoms with Crippen molar-refractivity contribution in [2.24, 2.45) is 5.92 Å². The third-order valence-electron chi connectivity index (χ3n) is 3.51. The Morgan fingerprint density at radius 1 is 1.00 bits per heavy atom. The summed E-state index contributed by atoms with van der Waals surface area (Å²) >= 11 is 12.7. The van der Waals surface area contributed by atoms with Crippen molar-refractivity contribution >= 4 is 35.6 Å². The lowest BCUT2D eigenvalue weighted by molar-refractivity contribution is 0.306. The molecule has 0 atom stereocenters. The summed E-state index contributed by atoms with van der Waals surface area (Å²) < 4.78 is 5.78. The summed E-state index contributed by atoms with van der Waals surface area (Å²) in [5.41, 5.74) is 2.15. The summed E-state index contributed by atoms with van der Waals surface area (Å²) in [6.07, 6.45) is 1.15. The molecule has 0 bridgehead atoms. The standard InChI is InChI=1S/C19H23Cl2NO.ClH/c1-14(2)8-9-22-12-16-10-17(20)19(18(21)11-16)23-13-15-6-4-3-5-7-15;/h3-7,10-11,14,22H,8-9,12-13H2,1-2H3;1H. The van der Waals surface area contributed by atoms with E-state index in [0.717, 1.165) is 30.6 Å². The number of rotatable bonds is 8. The minimum Gasteiger partial charge on any atom is -0.486 e. The lowest BCUT2D eigenvalue weighted by Gasteiger charge is -2.13. The maximum absolute atomic E-state index is 6.33. The van der Waals surface area contributed by atoms with E-state index >= 15 is 0 Å². The Bertz CT molecular complexity index is 594. The van der Waals surface area contributed by atoms with Crippen LogP contribution >= 0.6 is 35.6 Å². The molecule has 5 heteroatoms. The van der Waals surface area contributed by atoms with Crippen LogP contribution in [-0.4, -0.2) is 6.54 Å². The molecule has 0 unspecified atom stereocenters. The number of benzene rings is 2. The van der Waals surface area contributed by atoms with Crippen molar-refractivity contribution in [1.29, 1.82) is 0 Å². The summed E-state index contributed by atoms with van der Waals surface area (Å²) in [4.78, 5) is 0. The fraction of sp³-hybridized carbons (Fsp3) is 0.368. The van der Waals surface area contributed by atoms with Gasteiger partial charge >= 0.3 is 0 Å². The molecule has 2 rings (SSSR count). The van der Waals surface area contributed by atoms with E-state index in [1.165, 1.54) is 0 Å². The predicted molar refractivity (Wildman–Crippen MR) is 106 cm³/mol. The van der Waals surface area contributed by atoms with Crippen LogP contribution in [0.1, 0.15) is 31.4 Å². The largest absolute Gasteiger partial charge is 0.486 e. The zero-order valence-corrected chi connectivity index (χ0v) is 16.3. The molecule has 0 aromatic heterocycles. The Morgan fingerprint density at radius 3 is 2.21 bits per heavy atom. The van der Waals surface area contributed by atoms with Gasteiger partial charge in [-0.1, -0.05) is 67.4 Å². The fourth-order valence-corrected chi connectivity index (χ4v) is 2.85. The molecule has 0 heterocycles. The summed E-state index contributed by atoms with van der Waals surface area (Å²) in [6, 6.07) is 13.8. The quantitative estimate of drug-likeness (QED) is 0.549. The van der Waals surface area contributed by atoms with E-state index in [9.17, 15) is 0 Å². The number of hydrogen-bond acceptors (Lipinski definition) is 2. The molecule has 2 nitrogen and oxygen atoms in total. The van der Waals surface area contributed by atoms with Crippen molar-refractivity contribution < 1.29 is 4.74 Å². The van der Waals surface area contributed by atoms with Gasteiger partial charge in [-0.2, -0.15) is 0 Å². The first kappa shape index (κ1) is 21.1. The van der Waals surface area contributed by atoms with Crippen molar-refractivity contribution in [3.63, 3.8) is 0 Å². The molecule has 2 aromatic rings. The van der Waals surface area contributed by atoms with Crippen LogP contribution in [0.2, 0.25) is 10.0 Å². The van der Waals surface area contributed by atoms with E-state index in [0.29, 0.717) is 28.3 Å². The SMILES string of the molecule is CC(C)CCNCc1cc(Cl)c(OCc2ccccc2)c(Cl)c1.Cl. The Kier molecular flexibility index (Phi) is 9.53. The van der Waals surface area contributed by atoms with Gasteiger partial charge in [-0.3, -0.25) is 0 Å². The van der Waals surface area contributed by atoms with E-state index in [1.807, 2.05) is 42.5 Å². The second-order valence-electron chi connectivity index (χ2n) is 6.02. The smallest absolute Gasteiger partial charge is 0.156 e. The Hall–Kier alpha value is -0.930. The van der Waals surface area contributed by atoms with Gasteiger partial charge in [0.05, 0.1) is 10.0 Å². The van der Waals surface area contributed by atoms with Gasteiger partial charge in [0.25, 0.3) is 0 Å². The maximum atomic E-state index is 6.33. The summed E-state index contributed by atoms with van der Waals surface area (Å²) in [5.74, 6) is 1.24. The van der Waals surface area contributed by atoms with E-state index in [4.69, 9.17) is 27.9 Å². The molecule has 0 aliphatic carbocycles. The number of ether oxygens (including phenoxy) is 1. The minimum absolute atomic E-state index is 0. The summed E-state index contributed by atoms with van der Waals surface area (Å²) in [7, 11) is 0. The van der Waals surface area contributed by atoms with Crippen molar-refractivity contribution in [2.75, 3.05) is 6.54 Å². The molecule has 0 fully saturated rings. The van der Waals surface area contributed by atoms with Crippen LogP contribution in [0.15, 0.2) is 42.5 Å².